The fourth-order valence-electron chi connectivity index (χ4n) is 6.65. The highest BCUT2D eigenvalue weighted by molar-refractivity contribution is 5.96. The number of aryl methyl sites for hydroxylation is 2. The summed E-state index contributed by atoms with van der Waals surface area (Å²) in [5.41, 5.74) is 11.5. The minimum atomic E-state index is -4.51. The van der Waals surface area contributed by atoms with Crippen molar-refractivity contribution in [2.75, 3.05) is 13.7 Å². The monoisotopic (exact) mass is 709 g/mol. The zero-order chi connectivity index (χ0) is 37.1. The number of hydrogen-bond acceptors (Lipinski definition) is 4. The van der Waals surface area contributed by atoms with Gasteiger partial charge in [-0.1, -0.05) is 99.0 Å². The molecular formula is C44H50F3N3O2. The molecule has 2 N–H and O–H groups in total. The largest absolute Gasteiger partial charge is 0.497 e. The number of methoxy groups -OCH3 is 1. The highest BCUT2D eigenvalue weighted by atomic mass is 19.4. The molecule has 274 valence electrons. The molecule has 52 heavy (non-hydrogen) atoms. The standard InChI is InChI=1S/C44H50F3N3O2/c1-31-14-18-35(19-15-31)41-42(36-22-24-39(52-3)25-23-36)50(43(49-41)37-27-32(2)28-38(29-37)44(45,46)47)30-33-16-20-34(21-17-33)40(51)13-11-9-7-5-4-6-8-10-12-26-48/h14-25,27-29H,4-13,26,30,48H2,1-3H3. The second kappa shape index (κ2) is 18.2. The maximum Gasteiger partial charge on any atom is 0.416 e. The van der Waals surface area contributed by atoms with Crippen molar-refractivity contribution in [3.63, 3.8) is 0 Å². The molecule has 0 aliphatic rings. The number of carbonyl (C=O) groups is 1. The molecule has 1 aromatic heterocycles. The van der Waals surface area contributed by atoms with Crippen molar-refractivity contribution in [1.82, 2.24) is 9.55 Å². The van der Waals surface area contributed by atoms with Crippen LogP contribution in [0, 0.1) is 13.8 Å². The number of ether oxygens (including phenoxy) is 1. The molecule has 5 nitrogen and oxygen atoms in total. The molecule has 0 spiro atoms. The van der Waals surface area contributed by atoms with E-state index in [9.17, 15) is 18.0 Å². The molecule has 0 saturated carbocycles. The lowest BCUT2D eigenvalue weighted by molar-refractivity contribution is -0.137. The molecule has 0 atom stereocenters. The van der Waals surface area contributed by atoms with Crippen LogP contribution in [0.4, 0.5) is 13.2 Å². The van der Waals surface area contributed by atoms with Gasteiger partial charge < -0.3 is 15.0 Å². The number of rotatable bonds is 18. The van der Waals surface area contributed by atoms with Crippen LogP contribution >= 0.6 is 0 Å². The summed E-state index contributed by atoms with van der Waals surface area (Å²) >= 11 is 0. The van der Waals surface area contributed by atoms with Crippen LogP contribution in [0.3, 0.4) is 0 Å². The van der Waals surface area contributed by atoms with Gasteiger partial charge in [0.25, 0.3) is 0 Å². The van der Waals surface area contributed by atoms with E-state index in [1.807, 2.05) is 84.3 Å². The Morgan fingerprint density at radius 1 is 0.712 bits per heavy atom. The molecule has 8 heteroatoms. The van der Waals surface area contributed by atoms with Crippen molar-refractivity contribution >= 4 is 5.78 Å². The molecule has 0 fully saturated rings. The molecule has 0 bridgehead atoms. The molecule has 5 aromatic rings. The number of ketones is 1. The van der Waals surface area contributed by atoms with Crippen LogP contribution in [0.1, 0.15) is 96.8 Å². The fourth-order valence-corrected chi connectivity index (χ4v) is 6.65. The van der Waals surface area contributed by atoms with Crippen LogP contribution in [0.5, 0.6) is 5.75 Å². The normalized spacial score (nSPS) is 11.6. The maximum absolute atomic E-state index is 14.1. The number of halogens is 3. The summed E-state index contributed by atoms with van der Waals surface area (Å²) in [5.74, 6) is 1.23. The summed E-state index contributed by atoms with van der Waals surface area (Å²) < 4.78 is 49.6. The first-order chi connectivity index (χ1) is 25.1. The van der Waals surface area contributed by atoms with Crippen LogP contribution in [-0.4, -0.2) is 29.0 Å². The molecule has 1 heterocycles. The van der Waals surface area contributed by atoms with Gasteiger partial charge in [-0.05, 0) is 86.8 Å². The highest BCUT2D eigenvalue weighted by Crippen LogP contribution is 2.40. The second-order valence-electron chi connectivity index (χ2n) is 13.7. The number of hydrogen-bond donors (Lipinski definition) is 1. The molecule has 5 rings (SSSR count). The van der Waals surface area contributed by atoms with Gasteiger partial charge >= 0.3 is 6.18 Å². The number of aromatic nitrogens is 2. The number of alkyl halides is 3. The smallest absolute Gasteiger partial charge is 0.416 e. The Kier molecular flexibility index (Phi) is 13.5. The van der Waals surface area contributed by atoms with Crippen LogP contribution < -0.4 is 10.5 Å². The highest BCUT2D eigenvalue weighted by Gasteiger charge is 2.32. The van der Waals surface area contributed by atoms with E-state index < -0.39 is 11.7 Å². The number of nitrogens with two attached hydrogens (primary N) is 1. The van der Waals surface area contributed by atoms with Gasteiger partial charge in [-0.15, -0.1) is 0 Å². The van der Waals surface area contributed by atoms with E-state index in [0.717, 1.165) is 66.2 Å². The third-order valence-electron chi connectivity index (χ3n) is 9.54. The Hall–Kier alpha value is -4.69. The van der Waals surface area contributed by atoms with Gasteiger partial charge in [-0.2, -0.15) is 13.2 Å². The van der Waals surface area contributed by atoms with E-state index in [1.165, 1.54) is 38.2 Å². The van der Waals surface area contributed by atoms with Crippen molar-refractivity contribution in [1.29, 1.82) is 0 Å². The lowest BCUT2D eigenvalue weighted by Gasteiger charge is -2.16. The predicted molar refractivity (Wildman–Crippen MR) is 205 cm³/mol. The number of carbonyl (C=O) groups excluding carboxylic acids is 1. The Bertz CT molecular complexity index is 1890. The van der Waals surface area contributed by atoms with E-state index in [-0.39, 0.29) is 5.78 Å². The zero-order valence-electron chi connectivity index (χ0n) is 30.6. The lowest BCUT2D eigenvalue weighted by atomic mass is 10.0. The maximum atomic E-state index is 14.1. The number of unbranched alkanes of at least 4 members (excludes halogenated alkanes) is 8. The summed E-state index contributed by atoms with van der Waals surface area (Å²) in [6.45, 7) is 4.77. The van der Waals surface area contributed by atoms with Crippen LogP contribution in [0.25, 0.3) is 33.9 Å². The lowest BCUT2D eigenvalue weighted by Crippen LogP contribution is -2.08. The topological polar surface area (TPSA) is 70.1 Å². The first-order valence-electron chi connectivity index (χ1n) is 18.4. The minimum absolute atomic E-state index is 0.122. The molecule has 0 aliphatic carbocycles. The third kappa shape index (κ3) is 10.2. The van der Waals surface area contributed by atoms with Crippen molar-refractivity contribution in [3.8, 4) is 39.7 Å². The van der Waals surface area contributed by atoms with E-state index in [2.05, 4.69) is 0 Å². The van der Waals surface area contributed by atoms with Gasteiger partial charge in [0.1, 0.15) is 11.6 Å². The minimum Gasteiger partial charge on any atom is -0.497 e. The molecule has 0 radical (unpaired) electrons. The van der Waals surface area contributed by atoms with Gasteiger partial charge in [0, 0.05) is 35.2 Å². The quantitative estimate of drug-likeness (QED) is 0.0726. The molecule has 4 aromatic carbocycles. The average molecular weight is 710 g/mol. The summed E-state index contributed by atoms with van der Waals surface area (Å²) in [7, 11) is 1.60. The SMILES string of the molecule is COc1ccc(-c2c(-c3ccc(C)cc3)nc(-c3cc(C)cc(C(F)(F)F)c3)n2Cc2ccc(C(=O)CCCCCCCCCCCN)cc2)cc1. The summed E-state index contributed by atoms with van der Waals surface area (Å²) in [5, 5.41) is 0. The van der Waals surface area contributed by atoms with E-state index in [1.54, 1.807) is 20.1 Å². The van der Waals surface area contributed by atoms with Gasteiger partial charge in [-0.25, -0.2) is 4.98 Å². The van der Waals surface area contributed by atoms with Crippen molar-refractivity contribution < 1.29 is 22.7 Å². The molecule has 0 unspecified atom stereocenters. The summed E-state index contributed by atoms with van der Waals surface area (Å²) in [6.07, 6.45) is 6.30. The van der Waals surface area contributed by atoms with Crippen molar-refractivity contribution in [2.24, 2.45) is 5.73 Å². The molecule has 0 saturated heterocycles. The van der Waals surface area contributed by atoms with Gasteiger partial charge in [0.15, 0.2) is 5.78 Å². The van der Waals surface area contributed by atoms with Gasteiger partial charge in [0.05, 0.1) is 24.1 Å². The first-order valence-corrected chi connectivity index (χ1v) is 18.4. The number of benzene rings is 4. The van der Waals surface area contributed by atoms with Gasteiger partial charge in [-0.3, -0.25) is 4.79 Å². The fraction of sp³-hybridized carbons (Fsp3) is 0.364. The Balaban J connectivity index is 1.44. The first kappa shape index (κ1) is 38.5. The summed E-state index contributed by atoms with van der Waals surface area (Å²) in [4.78, 5) is 18.2. The van der Waals surface area contributed by atoms with Crippen molar-refractivity contribution in [3.05, 3.63) is 119 Å². The van der Waals surface area contributed by atoms with Crippen LogP contribution in [0.15, 0.2) is 91.0 Å². The van der Waals surface area contributed by atoms with E-state index >= 15 is 0 Å². The Morgan fingerprint density at radius 3 is 1.90 bits per heavy atom. The molecular weight excluding hydrogens is 659 g/mol. The van der Waals surface area contributed by atoms with E-state index in [0.29, 0.717) is 46.9 Å². The Morgan fingerprint density at radius 2 is 1.31 bits per heavy atom. The van der Waals surface area contributed by atoms with E-state index in [4.69, 9.17) is 15.5 Å². The summed E-state index contributed by atoms with van der Waals surface area (Å²) in [6, 6.07) is 27.3. The molecule has 0 amide bonds. The predicted octanol–water partition coefficient (Wildman–Crippen LogP) is 11.6. The van der Waals surface area contributed by atoms with Crippen LogP contribution in [-0.2, 0) is 12.7 Å². The average Bonchev–Trinajstić information content (AvgIpc) is 3.51. The van der Waals surface area contributed by atoms with Crippen LogP contribution in [0.2, 0.25) is 0 Å². The zero-order valence-corrected chi connectivity index (χ0v) is 30.6. The number of nitrogens with zero attached hydrogens (tertiary/aromatic N) is 2. The molecule has 0 aliphatic heterocycles. The Labute approximate surface area is 306 Å². The second-order valence-corrected chi connectivity index (χ2v) is 13.7. The number of Topliss-reactive ketones (excluding diaryl/α,β-unsaturated/α-hetero) is 1. The van der Waals surface area contributed by atoms with Crippen molar-refractivity contribution in [2.45, 2.75) is 90.8 Å². The third-order valence-corrected chi connectivity index (χ3v) is 9.54. The number of imidazole rings is 1. The van der Waals surface area contributed by atoms with Gasteiger partial charge in [0.2, 0.25) is 0 Å².